The molecule has 0 aliphatic rings. The van der Waals surface area contributed by atoms with E-state index in [2.05, 4.69) is 16.6 Å². The van der Waals surface area contributed by atoms with Gasteiger partial charge < -0.3 is 19.5 Å². The van der Waals surface area contributed by atoms with Gasteiger partial charge in [-0.3, -0.25) is 14.4 Å². The van der Waals surface area contributed by atoms with E-state index >= 15 is 0 Å². The molecule has 0 aliphatic heterocycles. The molecule has 0 bridgehead atoms. The van der Waals surface area contributed by atoms with Gasteiger partial charge in [-0.2, -0.15) is 0 Å². The van der Waals surface area contributed by atoms with Gasteiger partial charge in [-0.1, -0.05) is 13.5 Å². The van der Waals surface area contributed by atoms with Crippen molar-refractivity contribution in [3.8, 4) is 0 Å². The summed E-state index contributed by atoms with van der Waals surface area (Å²) in [5, 5.41) is 2.53. The van der Waals surface area contributed by atoms with Crippen LogP contribution in [0.15, 0.2) is 12.7 Å². The third kappa shape index (κ3) is 11.4. The third-order valence-electron chi connectivity index (χ3n) is 2.20. The van der Waals surface area contributed by atoms with Crippen LogP contribution in [0.1, 0.15) is 26.2 Å². The lowest BCUT2D eigenvalue weighted by molar-refractivity contribution is -0.153. The fourth-order valence-corrected chi connectivity index (χ4v) is 1.19. The minimum absolute atomic E-state index is 0.0754. The highest BCUT2D eigenvalue weighted by Gasteiger charge is 2.11. The molecule has 0 atom stereocenters. The van der Waals surface area contributed by atoms with Crippen LogP contribution in [0, 0.1) is 0 Å². The van der Waals surface area contributed by atoms with E-state index in [1.54, 1.807) is 0 Å². The fourth-order valence-electron chi connectivity index (χ4n) is 1.19. The minimum atomic E-state index is -0.707. The maximum atomic E-state index is 11.3. The largest absolute Gasteiger partial charge is 0.465 e. The molecule has 1 N–H and O–H groups in total. The molecule has 0 aromatic rings. The van der Waals surface area contributed by atoms with Crippen LogP contribution in [0.4, 0.5) is 0 Å². The second-order valence-corrected chi connectivity index (χ2v) is 4.09. The summed E-state index contributed by atoms with van der Waals surface area (Å²) in [6.07, 6.45) is 1.25. The van der Waals surface area contributed by atoms with Crippen molar-refractivity contribution in [2.45, 2.75) is 26.2 Å². The Balaban J connectivity index is 3.62. The van der Waals surface area contributed by atoms with Crippen molar-refractivity contribution in [3.63, 3.8) is 0 Å². The summed E-state index contributed by atoms with van der Waals surface area (Å²) < 4.78 is 14.1. The molecule has 8 nitrogen and oxygen atoms in total. The molecule has 0 saturated carbocycles. The molecule has 0 aliphatic carbocycles. The Labute approximate surface area is 128 Å². The number of hydrogen-bond donors (Lipinski definition) is 1. The van der Waals surface area contributed by atoms with Crippen molar-refractivity contribution in [1.82, 2.24) is 5.32 Å². The zero-order valence-corrected chi connectivity index (χ0v) is 12.6. The maximum Gasteiger partial charge on any atom is 0.330 e. The van der Waals surface area contributed by atoms with Gasteiger partial charge in [0.05, 0.1) is 6.42 Å². The van der Waals surface area contributed by atoms with Gasteiger partial charge in [0, 0.05) is 12.6 Å². The zero-order chi connectivity index (χ0) is 16.8. The van der Waals surface area contributed by atoms with E-state index in [0.29, 0.717) is 6.54 Å². The molecule has 0 saturated heterocycles. The SMILES string of the molecule is C=CC(=O)OCCOC(=O)CCOC(=O)CC(=O)NCCC. The van der Waals surface area contributed by atoms with E-state index in [1.165, 1.54) is 0 Å². The van der Waals surface area contributed by atoms with Gasteiger partial charge in [0.15, 0.2) is 0 Å². The van der Waals surface area contributed by atoms with Gasteiger partial charge in [-0.05, 0) is 6.42 Å². The van der Waals surface area contributed by atoms with Crippen LogP contribution in [0.5, 0.6) is 0 Å². The van der Waals surface area contributed by atoms with E-state index in [1.807, 2.05) is 6.92 Å². The third-order valence-corrected chi connectivity index (χ3v) is 2.20. The van der Waals surface area contributed by atoms with Crippen LogP contribution in [-0.2, 0) is 33.4 Å². The highest BCUT2D eigenvalue weighted by molar-refractivity contribution is 5.94. The number of carbonyl (C=O) groups is 4. The lowest BCUT2D eigenvalue weighted by atomic mass is 10.4. The number of hydrogen-bond acceptors (Lipinski definition) is 7. The summed E-state index contributed by atoms with van der Waals surface area (Å²) in [4.78, 5) is 44.4. The number of rotatable bonds is 11. The molecule has 0 unspecified atom stereocenters. The molecule has 124 valence electrons. The van der Waals surface area contributed by atoms with E-state index in [9.17, 15) is 19.2 Å². The number of nitrogens with one attached hydrogen (secondary N) is 1. The summed E-state index contributed by atoms with van der Waals surface area (Å²) in [7, 11) is 0. The Morgan fingerprint density at radius 1 is 1.00 bits per heavy atom. The second-order valence-electron chi connectivity index (χ2n) is 4.09. The van der Waals surface area contributed by atoms with Crippen molar-refractivity contribution in [3.05, 3.63) is 12.7 Å². The number of carbonyl (C=O) groups excluding carboxylic acids is 4. The van der Waals surface area contributed by atoms with Crippen molar-refractivity contribution < 1.29 is 33.4 Å². The predicted octanol–water partition coefficient (Wildman–Crippen LogP) is 0.108. The lowest BCUT2D eigenvalue weighted by Gasteiger charge is -2.06. The maximum absolute atomic E-state index is 11.3. The Kier molecular flexibility index (Phi) is 11.0. The Morgan fingerprint density at radius 3 is 2.27 bits per heavy atom. The van der Waals surface area contributed by atoms with Gasteiger partial charge in [-0.25, -0.2) is 4.79 Å². The molecule has 0 spiro atoms. The first-order chi connectivity index (χ1) is 10.5. The summed E-state index contributed by atoms with van der Waals surface area (Å²) in [5.74, 6) is -2.33. The summed E-state index contributed by atoms with van der Waals surface area (Å²) in [6.45, 7) is 5.25. The zero-order valence-electron chi connectivity index (χ0n) is 12.6. The van der Waals surface area contributed by atoms with E-state index < -0.39 is 23.8 Å². The topological polar surface area (TPSA) is 108 Å². The van der Waals surface area contributed by atoms with Crippen LogP contribution in [0.25, 0.3) is 0 Å². The van der Waals surface area contributed by atoms with Crippen LogP contribution < -0.4 is 5.32 Å². The van der Waals surface area contributed by atoms with Crippen molar-refractivity contribution in [2.75, 3.05) is 26.4 Å². The number of ether oxygens (including phenoxy) is 3. The van der Waals surface area contributed by atoms with Crippen LogP contribution >= 0.6 is 0 Å². The van der Waals surface area contributed by atoms with Crippen LogP contribution in [0.2, 0.25) is 0 Å². The quantitative estimate of drug-likeness (QED) is 0.189. The molecule has 0 aromatic carbocycles. The molecule has 0 heterocycles. The van der Waals surface area contributed by atoms with E-state index in [0.717, 1.165) is 12.5 Å². The van der Waals surface area contributed by atoms with Gasteiger partial charge >= 0.3 is 17.9 Å². The second kappa shape index (κ2) is 12.4. The van der Waals surface area contributed by atoms with Gasteiger partial charge in [0.2, 0.25) is 5.91 Å². The lowest BCUT2D eigenvalue weighted by Crippen LogP contribution is -2.27. The summed E-state index contributed by atoms with van der Waals surface area (Å²) in [5.41, 5.74) is 0. The molecule has 22 heavy (non-hydrogen) atoms. The molecule has 0 fully saturated rings. The van der Waals surface area contributed by atoms with Gasteiger partial charge in [0.1, 0.15) is 26.2 Å². The molecule has 0 radical (unpaired) electrons. The first kappa shape index (κ1) is 19.6. The monoisotopic (exact) mass is 315 g/mol. The van der Waals surface area contributed by atoms with E-state index in [4.69, 9.17) is 9.47 Å². The first-order valence-electron chi connectivity index (χ1n) is 6.86. The summed E-state index contributed by atoms with van der Waals surface area (Å²) >= 11 is 0. The molecule has 8 heteroatoms. The Bertz CT molecular complexity index is 406. The van der Waals surface area contributed by atoms with Crippen molar-refractivity contribution in [1.29, 1.82) is 0 Å². The minimum Gasteiger partial charge on any atom is -0.465 e. The molecule has 0 aromatic heterocycles. The first-order valence-corrected chi connectivity index (χ1v) is 6.86. The van der Waals surface area contributed by atoms with Crippen molar-refractivity contribution in [2.24, 2.45) is 0 Å². The van der Waals surface area contributed by atoms with Crippen molar-refractivity contribution >= 4 is 23.8 Å². The summed E-state index contributed by atoms with van der Waals surface area (Å²) in [6, 6.07) is 0. The van der Waals surface area contributed by atoms with Crippen LogP contribution in [0.3, 0.4) is 0 Å². The fraction of sp³-hybridized carbons (Fsp3) is 0.571. The number of esters is 3. The highest BCUT2D eigenvalue weighted by atomic mass is 16.6. The average Bonchev–Trinajstić information content (AvgIpc) is 2.49. The standard InChI is InChI=1S/C14H21NO7/c1-3-6-15-11(16)10-14(19)20-7-5-13(18)22-9-8-21-12(17)4-2/h4H,2-3,5-10H2,1H3,(H,15,16). The molecule has 0 rings (SSSR count). The van der Waals surface area contributed by atoms with Crippen LogP contribution in [-0.4, -0.2) is 50.2 Å². The highest BCUT2D eigenvalue weighted by Crippen LogP contribution is 1.93. The predicted molar refractivity (Wildman–Crippen MR) is 75.6 cm³/mol. The smallest absolute Gasteiger partial charge is 0.330 e. The Morgan fingerprint density at radius 2 is 1.64 bits per heavy atom. The van der Waals surface area contributed by atoms with E-state index in [-0.39, 0.29) is 32.7 Å². The number of amides is 1. The Hall–Kier alpha value is -2.38. The average molecular weight is 315 g/mol. The van der Waals surface area contributed by atoms with Gasteiger partial charge in [0.25, 0.3) is 0 Å². The van der Waals surface area contributed by atoms with Gasteiger partial charge in [-0.15, -0.1) is 0 Å². The normalized spacial score (nSPS) is 9.50. The molecule has 1 amide bonds. The molecular formula is C14H21NO7. The molecular weight excluding hydrogens is 294 g/mol.